The Hall–Kier alpha value is -0.940. The first-order valence-electron chi connectivity index (χ1n) is 3.91. The second-order valence-corrected chi connectivity index (χ2v) is 3.06. The van der Waals surface area contributed by atoms with Crippen molar-refractivity contribution in [3.63, 3.8) is 0 Å². The maximum atomic E-state index is 12.3. The Labute approximate surface area is 76.4 Å². The summed E-state index contributed by atoms with van der Waals surface area (Å²) in [6.45, 7) is 2.83. The summed E-state index contributed by atoms with van der Waals surface area (Å²) in [6.07, 6.45) is 0.391. The van der Waals surface area contributed by atoms with Crippen molar-refractivity contribution in [1.29, 1.82) is 0 Å². The van der Waals surface area contributed by atoms with Gasteiger partial charge in [0.15, 0.2) is 0 Å². The fourth-order valence-corrected chi connectivity index (χ4v) is 0.919. The molecule has 5 N–H and O–H groups in total. The average Bonchev–Trinajstić information content (AvgIpc) is 2.04. The van der Waals surface area contributed by atoms with Gasteiger partial charge in [0, 0.05) is 0 Å². The lowest BCUT2D eigenvalue weighted by molar-refractivity contribution is -0.143. The lowest BCUT2D eigenvalue weighted by Gasteiger charge is -2.21. The predicted molar refractivity (Wildman–Crippen MR) is 48.0 cm³/mol. The number of carboxylic acid groups (broad SMARTS) is 1. The summed E-state index contributed by atoms with van der Waals surface area (Å²) in [5.41, 5.74) is 9.24. The molecule has 0 bridgehead atoms. The average molecular weight is 190 g/mol. The molecule has 0 saturated heterocycles. The third kappa shape index (κ3) is 3.52. The van der Waals surface area contributed by atoms with Gasteiger partial charge < -0.3 is 16.6 Å². The Kier molecular flexibility index (Phi) is 4.58. The quantitative estimate of drug-likeness (QED) is 0.515. The summed E-state index contributed by atoms with van der Waals surface area (Å²) in [7, 11) is 0. The van der Waals surface area contributed by atoms with Gasteiger partial charge in [0.25, 0.3) is 0 Å². The number of nitrogens with two attached hydrogens (primary N) is 2. The predicted octanol–water partition coefficient (Wildman–Crippen LogP) is 0.0331. The highest BCUT2D eigenvalue weighted by atomic mass is 19.1. The fraction of sp³-hybridized carbons (Fsp3) is 0.625. The van der Waals surface area contributed by atoms with Crippen LogP contribution in [0.5, 0.6) is 0 Å². The van der Waals surface area contributed by atoms with E-state index < -0.39 is 18.2 Å². The van der Waals surface area contributed by atoms with Crippen LogP contribution in [-0.2, 0) is 4.79 Å². The molecule has 0 heterocycles. The van der Waals surface area contributed by atoms with Gasteiger partial charge in [-0.05, 0) is 19.4 Å². The van der Waals surface area contributed by atoms with E-state index in [-0.39, 0.29) is 6.42 Å². The van der Waals surface area contributed by atoms with E-state index in [4.69, 9.17) is 16.6 Å². The van der Waals surface area contributed by atoms with Gasteiger partial charge in [0.2, 0.25) is 0 Å². The Morgan fingerprint density at radius 3 is 2.46 bits per heavy atom. The first-order valence-corrected chi connectivity index (χ1v) is 3.91. The number of carbonyl (C=O) groups is 1. The van der Waals surface area contributed by atoms with Gasteiger partial charge in [0.05, 0.1) is 0 Å². The van der Waals surface area contributed by atoms with E-state index >= 15 is 0 Å². The molecule has 0 aromatic rings. The van der Waals surface area contributed by atoms with Crippen molar-refractivity contribution < 1.29 is 14.3 Å². The van der Waals surface area contributed by atoms with E-state index in [1.54, 1.807) is 0 Å². The summed E-state index contributed by atoms with van der Waals surface area (Å²) >= 11 is 0. The summed E-state index contributed by atoms with van der Waals surface area (Å²) in [5.74, 6) is -1.35. The summed E-state index contributed by atoms with van der Waals surface area (Å²) < 4.78 is 12.3. The fourth-order valence-electron chi connectivity index (χ4n) is 0.919. The maximum absolute atomic E-state index is 12.3. The highest BCUT2D eigenvalue weighted by molar-refractivity contribution is 5.79. The van der Waals surface area contributed by atoms with Crippen LogP contribution < -0.4 is 11.5 Å². The van der Waals surface area contributed by atoms with Gasteiger partial charge in [-0.1, -0.05) is 12.2 Å². The topological polar surface area (TPSA) is 89.3 Å². The van der Waals surface area contributed by atoms with Gasteiger partial charge in [0.1, 0.15) is 12.2 Å². The van der Waals surface area contributed by atoms with Crippen LogP contribution in [0.25, 0.3) is 0 Å². The summed E-state index contributed by atoms with van der Waals surface area (Å²) in [5, 5.41) is 8.61. The molecule has 0 spiro atoms. The highest BCUT2D eigenvalue weighted by Crippen LogP contribution is 2.16. The van der Waals surface area contributed by atoms with Crippen LogP contribution in [0.3, 0.4) is 0 Å². The van der Waals surface area contributed by atoms with Crippen molar-refractivity contribution in [2.45, 2.75) is 18.4 Å². The lowest BCUT2D eigenvalue weighted by Crippen LogP contribution is -2.50. The largest absolute Gasteiger partial charge is 0.480 e. The zero-order chi connectivity index (χ0) is 10.5. The van der Waals surface area contributed by atoms with Crippen LogP contribution in [0.2, 0.25) is 0 Å². The molecule has 0 aromatic heterocycles. The maximum Gasteiger partial charge on any atom is 0.326 e. The number of rotatable bonds is 6. The molecule has 1 atom stereocenters. The van der Waals surface area contributed by atoms with Crippen LogP contribution >= 0.6 is 0 Å². The van der Waals surface area contributed by atoms with Gasteiger partial charge in [-0.2, -0.15) is 0 Å². The van der Waals surface area contributed by atoms with E-state index in [0.29, 0.717) is 18.5 Å². The molecule has 0 aromatic carbocycles. The van der Waals surface area contributed by atoms with E-state index in [2.05, 4.69) is 6.58 Å². The first-order chi connectivity index (χ1) is 5.96. The van der Waals surface area contributed by atoms with Crippen molar-refractivity contribution in [2.24, 2.45) is 11.5 Å². The zero-order valence-electron chi connectivity index (χ0n) is 7.42. The van der Waals surface area contributed by atoms with Crippen molar-refractivity contribution in [2.75, 3.05) is 13.2 Å². The van der Waals surface area contributed by atoms with E-state index in [1.807, 2.05) is 0 Å². The summed E-state index contributed by atoms with van der Waals surface area (Å²) in [6, 6.07) is 0. The van der Waals surface area contributed by atoms with Gasteiger partial charge >= 0.3 is 5.97 Å². The third-order valence-corrected chi connectivity index (χ3v) is 1.73. The van der Waals surface area contributed by atoms with E-state index in [9.17, 15) is 9.18 Å². The SMILES string of the molecule is C=C(CCN)CC(N)(CF)C(=O)O. The van der Waals surface area contributed by atoms with E-state index in [0.717, 1.165) is 0 Å². The molecule has 1 unspecified atom stereocenters. The van der Waals surface area contributed by atoms with E-state index in [1.165, 1.54) is 0 Å². The molecule has 0 radical (unpaired) electrons. The number of halogens is 1. The molecular weight excluding hydrogens is 175 g/mol. The van der Waals surface area contributed by atoms with Gasteiger partial charge in [-0.3, -0.25) is 4.79 Å². The Morgan fingerprint density at radius 1 is 1.62 bits per heavy atom. The van der Waals surface area contributed by atoms with Crippen LogP contribution in [-0.4, -0.2) is 29.8 Å². The Balaban J connectivity index is 4.27. The molecule has 0 aliphatic carbocycles. The normalized spacial score (nSPS) is 15.0. The molecular formula is C8H15FN2O2. The molecule has 0 saturated carbocycles. The number of alkyl halides is 1. The van der Waals surface area contributed by atoms with Crippen LogP contribution in [0.15, 0.2) is 12.2 Å². The highest BCUT2D eigenvalue weighted by Gasteiger charge is 2.34. The van der Waals surface area contributed by atoms with Crippen molar-refractivity contribution in [1.82, 2.24) is 0 Å². The molecule has 0 amide bonds. The minimum absolute atomic E-state index is 0.0734. The summed E-state index contributed by atoms with van der Waals surface area (Å²) in [4.78, 5) is 10.6. The Bertz CT molecular complexity index is 208. The Morgan fingerprint density at radius 2 is 2.15 bits per heavy atom. The second-order valence-electron chi connectivity index (χ2n) is 3.06. The number of carboxylic acids is 1. The van der Waals surface area contributed by atoms with Crippen molar-refractivity contribution in [3.05, 3.63) is 12.2 Å². The van der Waals surface area contributed by atoms with Crippen LogP contribution in [0, 0.1) is 0 Å². The van der Waals surface area contributed by atoms with Gasteiger partial charge in [-0.25, -0.2) is 4.39 Å². The molecule has 0 aliphatic heterocycles. The van der Waals surface area contributed by atoms with Crippen molar-refractivity contribution in [3.8, 4) is 0 Å². The van der Waals surface area contributed by atoms with Crippen molar-refractivity contribution >= 4 is 5.97 Å². The van der Waals surface area contributed by atoms with Crippen LogP contribution in [0.1, 0.15) is 12.8 Å². The molecule has 0 aliphatic rings. The molecule has 4 nitrogen and oxygen atoms in total. The second kappa shape index (κ2) is 4.94. The zero-order valence-corrected chi connectivity index (χ0v) is 7.42. The molecule has 0 rings (SSSR count). The monoisotopic (exact) mass is 190 g/mol. The number of hydrogen-bond donors (Lipinski definition) is 3. The standard InChI is InChI=1S/C8H15FN2O2/c1-6(2-3-10)4-8(11,5-9)7(12)13/h1-5,10-11H2,(H,12,13). The van der Waals surface area contributed by atoms with Gasteiger partial charge in [-0.15, -0.1) is 0 Å². The number of aliphatic carboxylic acids is 1. The lowest BCUT2D eigenvalue weighted by atomic mass is 9.92. The molecule has 13 heavy (non-hydrogen) atoms. The molecule has 5 heteroatoms. The minimum Gasteiger partial charge on any atom is -0.480 e. The molecule has 0 fully saturated rings. The first kappa shape index (κ1) is 12.1. The minimum atomic E-state index is -1.84. The third-order valence-electron chi connectivity index (χ3n) is 1.73. The molecule has 76 valence electrons. The number of hydrogen-bond acceptors (Lipinski definition) is 3. The van der Waals surface area contributed by atoms with Crippen LogP contribution in [0.4, 0.5) is 4.39 Å². The smallest absolute Gasteiger partial charge is 0.326 e.